The molecule has 3 N–H and O–H groups in total. The molecule has 1 fully saturated rings. The average Bonchev–Trinajstić information content (AvgIpc) is 2.41. The van der Waals surface area contributed by atoms with E-state index in [0.29, 0.717) is 23.7 Å². The van der Waals surface area contributed by atoms with Gasteiger partial charge in [-0.05, 0) is 43.5 Å². The fourth-order valence-corrected chi connectivity index (χ4v) is 2.68. The van der Waals surface area contributed by atoms with Gasteiger partial charge in [-0.3, -0.25) is 9.59 Å². The molecular formula is C16H23N3O2. The lowest BCUT2D eigenvalue weighted by molar-refractivity contribution is -0.117. The van der Waals surface area contributed by atoms with Gasteiger partial charge in [-0.2, -0.15) is 0 Å². The summed E-state index contributed by atoms with van der Waals surface area (Å²) in [7, 11) is 0. The van der Waals surface area contributed by atoms with E-state index in [4.69, 9.17) is 0 Å². The summed E-state index contributed by atoms with van der Waals surface area (Å²) in [5, 5.41) is 9.00. The Morgan fingerprint density at radius 1 is 1.29 bits per heavy atom. The summed E-state index contributed by atoms with van der Waals surface area (Å²) in [5.74, 6) is 0.398. The van der Waals surface area contributed by atoms with Crippen molar-refractivity contribution in [3.8, 4) is 0 Å². The van der Waals surface area contributed by atoms with Gasteiger partial charge in [0.25, 0.3) is 0 Å². The zero-order valence-electron chi connectivity index (χ0n) is 12.6. The topological polar surface area (TPSA) is 70.2 Å². The molecule has 1 saturated heterocycles. The zero-order valence-corrected chi connectivity index (χ0v) is 12.6. The van der Waals surface area contributed by atoms with Gasteiger partial charge in [0.05, 0.1) is 0 Å². The molecule has 2 rings (SSSR count). The number of benzene rings is 1. The Labute approximate surface area is 125 Å². The van der Waals surface area contributed by atoms with Gasteiger partial charge in [0, 0.05) is 30.8 Å². The molecule has 0 aromatic heterocycles. The van der Waals surface area contributed by atoms with Crippen molar-refractivity contribution >= 4 is 23.2 Å². The Morgan fingerprint density at radius 2 is 2.00 bits per heavy atom. The van der Waals surface area contributed by atoms with Crippen LogP contribution in [-0.2, 0) is 9.59 Å². The maximum atomic E-state index is 12.1. The standard InChI is InChI=1S/C16H23N3O2/c1-11-5-4-8-17-15(11)10-16(21)19-14-7-3-6-13(9-14)18-12(2)20/h3,6-7,9,11,15,17H,4-5,8,10H2,1-2H3,(H,18,20)(H,19,21). The molecule has 114 valence electrons. The van der Waals surface area contributed by atoms with Crippen LogP contribution in [0.1, 0.15) is 33.1 Å². The molecule has 5 nitrogen and oxygen atoms in total. The highest BCUT2D eigenvalue weighted by Gasteiger charge is 2.23. The number of anilines is 2. The van der Waals surface area contributed by atoms with Gasteiger partial charge in [0.1, 0.15) is 0 Å². The van der Waals surface area contributed by atoms with E-state index in [9.17, 15) is 9.59 Å². The van der Waals surface area contributed by atoms with Crippen LogP contribution in [0.15, 0.2) is 24.3 Å². The summed E-state index contributed by atoms with van der Waals surface area (Å²) in [6.07, 6.45) is 2.83. The van der Waals surface area contributed by atoms with E-state index in [2.05, 4.69) is 22.9 Å². The van der Waals surface area contributed by atoms with Gasteiger partial charge in [0.15, 0.2) is 0 Å². The molecule has 0 bridgehead atoms. The largest absolute Gasteiger partial charge is 0.326 e. The summed E-state index contributed by atoms with van der Waals surface area (Å²) in [6.45, 7) is 4.63. The first-order valence-corrected chi connectivity index (χ1v) is 7.45. The highest BCUT2D eigenvalue weighted by molar-refractivity contribution is 5.93. The van der Waals surface area contributed by atoms with E-state index in [1.807, 2.05) is 12.1 Å². The zero-order chi connectivity index (χ0) is 15.2. The molecule has 1 aromatic carbocycles. The van der Waals surface area contributed by atoms with Crippen molar-refractivity contribution in [2.45, 2.75) is 39.2 Å². The van der Waals surface area contributed by atoms with Crippen molar-refractivity contribution in [3.05, 3.63) is 24.3 Å². The molecule has 0 saturated carbocycles. The van der Waals surface area contributed by atoms with Crippen LogP contribution in [-0.4, -0.2) is 24.4 Å². The van der Waals surface area contributed by atoms with Crippen LogP contribution in [0, 0.1) is 5.92 Å². The highest BCUT2D eigenvalue weighted by Crippen LogP contribution is 2.19. The minimum Gasteiger partial charge on any atom is -0.326 e. The van der Waals surface area contributed by atoms with Crippen LogP contribution in [0.25, 0.3) is 0 Å². The van der Waals surface area contributed by atoms with Crippen molar-refractivity contribution in [1.29, 1.82) is 0 Å². The van der Waals surface area contributed by atoms with Gasteiger partial charge in [-0.25, -0.2) is 0 Å². The molecule has 1 heterocycles. The van der Waals surface area contributed by atoms with E-state index in [1.54, 1.807) is 12.1 Å². The molecule has 5 heteroatoms. The predicted octanol–water partition coefficient (Wildman–Crippen LogP) is 2.36. The number of piperidine rings is 1. The molecule has 1 aliphatic heterocycles. The van der Waals surface area contributed by atoms with E-state index in [-0.39, 0.29) is 17.9 Å². The van der Waals surface area contributed by atoms with Crippen LogP contribution < -0.4 is 16.0 Å². The van der Waals surface area contributed by atoms with Gasteiger partial charge in [-0.15, -0.1) is 0 Å². The Hall–Kier alpha value is -1.88. The molecule has 0 spiro atoms. The second-order valence-corrected chi connectivity index (χ2v) is 5.69. The first kappa shape index (κ1) is 15.5. The lowest BCUT2D eigenvalue weighted by Crippen LogP contribution is -2.42. The van der Waals surface area contributed by atoms with Gasteiger partial charge in [0.2, 0.25) is 11.8 Å². The lowest BCUT2D eigenvalue weighted by Gasteiger charge is -2.29. The minimum atomic E-state index is -0.126. The van der Waals surface area contributed by atoms with Gasteiger partial charge >= 0.3 is 0 Å². The van der Waals surface area contributed by atoms with Crippen molar-refractivity contribution < 1.29 is 9.59 Å². The van der Waals surface area contributed by atoms with E-state index < -0.39 is 0 Å². The Kier molecular flexibility index (Phi) is 5.33. The number of carbonyl (C=O) groups is 2. The second kappa shape index (κ2) is 7.22. The molecule has 2 atom stereocenters. The summed E-state index contributed by atoms with van der Waals surface area (Å²) in [5.41, 5.74) is 1.39. The van der Waals surface area contributed by atoms with E-state index in [0.717, 1.165) is 6.54 Å². The lowest BCUT2D eigenvalue weighted by atomic mass is 9.90. The van der Waals surface area contributed by atoms with Crippen molar-refractivity contribution in [1.82, 2.24) is 5.32 Å². The van der Waals surface area contributed by atoms with Crippen LogP contribution >= 0.6 is 0 Å². The number of nitrogens with one attached hydrogen (secondary N) is 3. The quantitative estimate of drug-likeness (QED) is 0.797. The number of hydrogen-bond acceptors (Lipinski definition) is 3. The molecule has 21 heavy (non-hydrogen) atoms. The summed E-state index contributed by atoms with van der Waals surface area (Å²) >= 11 is 0. The minimum absolute atomic E-state index is 0.00113. The fourth-order valence-electron chi connectivity index (χ4n) is 2.68. The van der Waals surface area contributed by atoms with E-state index >= 15 is 0 Å². The van der Waals surface area contributed by atoms with Crippen LogP contribution in [0.5, 0.6) is 0 Å². The summed E-state index contributed by atoms with van der Waals surface area (Å²) in [4.78, 5) is 23.2. The highest BCUT2D eigenvalue weighted by atomic mass is 16.2. The maximum Gasteiger partial charge on any atom is 0.225 e. The monoisotopic (exact) mass is 289 g/mol. The van der Waals surface area contributed by atoms with Crippen LogP contribution in [0.3, 0.4) is 0 Å². The number of carbonyl (C=O) groups excluding carboxylic acids is 2. The molecule has 1 aliphatic rings. The van der Waals surface area contributed by atoms with Gasteiger partial charge < -0.3 is 16.0 Å². The Bertz CT molecular complexity index is 516. The third-order valence-electron chi connectivity index (χ3n) is 3.80. The number of rotatable bonds is 4. The third kappa shape index (κ3) is 4.86. The number of hydrogen-bond donors (Lipinski definition) is 3. The summed E-state index contributed by atoms with van der Waals surface area (Å²) < 4.78 is 0. The molecule has 1 aromatic rings. The van der Waals surface area contributed by atoms with Gasteiger partial charge in [-0.1, -0.05) is 13.0 Å². The molecule has 2 amide bonds. The third-order valence-corrected chi connectivity index (χ3v) is 3.80. The molecule has 2 unspecified atom stereocenters. The molecule has 0 aliphatic carbocycles. The molecular weight excluding hydrogens is 266 g/mol. The predicted molar refractivity (Wildman–Crippen MR) is 84.2 cm³/mol. The Morgan fingerprint density at radius 3 is 2.67 bits per heavy atom. The maximum absolute atomic E-state index is 12.1. The smallest absolute Gasteiger partial charge is 0.225 e. The van der Waals surface area contributed by atoms with Crippen LogP contribution in [0.4, 0.5) is 11.4 Å². The van der Waals surface area contributed by atoms with Crippen molar-refractivity contribution in [2.24, 2.45) is 5.92 Å². The second-order valence-electron chi connectivity index (χ2n) is 5.69. The first-order valence-electron chi connectivity index (χ1n) is 7.45. The normalized spacial score (nSPS) is 21.6. The van der Waals surface area contributed by atoms with E-state index in [1.165, 1.54) is 19.8 Å². The number of amides is 2. The first-order chi connectivity index (χ1) is 10.0. The average molecular weight is 289 g/mol. The SMILES string of the molecule is CC(=O)Nc1cccc(NC(=O)CC2NCCCC2C)c1. The Balaban J connectivity index is 1.91. The van der Waals surface area contributed by atoms with Crippen LogP contribution in [0.2, 0.25) is 0 Å². The van der Waals surface area contributed by atoms with Crippen molar-refractivity contribution in [2.75, 3.05) is 17.2 Å². The molecule has 0 radical (unpaired) electrons. The fraction of sp³-hybridized carbons (Fsp3) is 0.500. The summed E-state index contributed by atoms with van der Waals surface area (Å²) in [6, 6.07) is 7.43. The van der Waals surface area contributed by atoms with Crippen molar-refractivity contribution in [3.63, 3.8) is 0 Å².